The fraction of sp³-hybridized carbons (Fsp3) is 0.556. The highest BCUT2D eigenvalue weighted by Crippen LogP contribution is 2.24. The Morgan fingerprint density at radius 3 is 2.53 bits per heavy atom. The van der Waals surface area contributed by atoms with Gasteiger partial charge in [-0.1, -0.05) is 28.1 Å². The molecule has 206 valence electrons. The summed E-state index contributed by atoms with van der Waals surface area (Å²) in [6, 6.07) is 9.80. The van der Waals surface area contributed by atoms with Gasteiger partial charge in [-0.3, -0.25) is 9.59 Å². The van der Waals surface area contributed by atoms with Crippen molar-refractivity contribution in [2.24, 2.45) is 0 Å². The second kappa shape index (κ2) is 11.6. The maximum atomic E-state index is 13.4. The average Bonchev–Trinajstić information content (AvgIpc) is 3.39. The lowest BCUT2D eigenvalue weighted by Crippen LogP contribution is -2.60. The summed E-state index contributed by atoms with van der Waals surface area (Å²) in [4.78, 5) is 35.0. The fourth-order valence-electron chi connectivity index (χ4n) is 5.84. The molecule has 0 radical (unpaired) electrons. The van der Waals surface area contributed by atoms with Gasteiger partial charge >= 0.3 is 0 Å². The molecule has 3 aliphatic heterocycles. The summed E-state index contributed by atoms with van der Waals surface area (Å²) < 4.78 is 29.9. The van der Waals surface area contributed by atoms with E-state index in [1.165, 1.54) is 17.7 Å². The molecular formula is C27H36BrN5O4S. The highest BCUT2D eigenvalue weighted by atomic mass is 79.9. The van der Waals surface area contributed by atoms with Crippen LogP contribution in [0.5, 0.6) is 0 Å². The quantitative estimate of drug-likeness (QED) is 0.520. The molecule has 3 aliphatic rings. The van der Waals surface area contributed by atoms with Gasteiger partial charge in [-0.25, -0.2) is 8.42 Å². The van der Waals surface area contributed by atoms with Crippen LogP contribution in [0.15, 0.2) is 45.8 Å². The second-order valence-electron chi connectivity index (χ2n) is 10.7. The molecule has 3 fully saturated rings. The van der Waals surface area contributed by atoms with Crippen molar-refractivity contribution in [2.75, 3.05) is 59.4 Å². The lowest BCUT2D eigenvalue weighted by Gasteiger charge is -2.42. The van der Waals surface area contributed by atoms with E-state index in [9.17, 15) is 18.0 Å². The predicted octanol–water partition coefficient (Wildman–Crippen LogP) is 2.11. The molecule has 1 N–H and O–H groups in total. The van der Waals surface area contributed by atoms with E-state index in [4.69, 9.17) is 0 Å². The highest BCUT2D eigenvalue weighted by Gasteiger charge is 2.36. The van der Waals surface area contributed by atoms with E-state index in [1.807, 2.05) is 23.1 Å². The minimum atomic E-state index is -3.91. The molecule has 2 aromatic rings. The van der Waals surface area contributed by atoms with Crippen molar-refractivity contribution >= 4 is 48.5 Å². The van der Waals surface area contributed by atoms with Crippen LogP contribution in [-0.4, -0.2) is 111 Å². The number of carbonyl (C=O) groups excluding carboxylic acids is 2. The molecule has 38 heavy (non-hydrogen) atoms. The second-order valence-corrected chi connectivity index (χ2v) is 13.4. The molecular weight excluding hydrogens is 570 g/mol. The third-order valence-corrected chi connectivity index (χ3v) is 9.87. The van der Waals surface area contributed by atoms with Gasteiger partial charge in [-0.2, -0.15) is 4.72 Å². The minimum Gasteiger partial charge on any atom is -0.334 e. The number of likely N-dealkylation sites (tertiary alicyclic amines) is 2. The number of nitrogens with zero attached hydrogens (tertiary/aromatic N) is 4. The van der Waals surface area contributed by atoms with Crippen LogP contribution in [0.2, 0.25) is 0 Å². The normalized spacial score (nSPS) is 23.9. The molecule has 2 aromatic carbocycles. The van der Waals surface area contributed by atoms with Gasteiger partial charge in [-0.15, -0.1) is 0 Å². The van der Waals surface area contributed by atoms with Gasteiger partial charge in [0.2, 0.25) is 21.8 Å². The number of nitrogens with one attached hydrogen (secondary N) is 1. The average molecular weight is 607 g/mol. The number of rotatable bonds is 7. The zero-order valence-electron chi connectivity index (χ0n) is 21.8. The third kappa shape index (κ3) is 6.22. The number of sulfonamides is 1. The molecule has 0 aromatic heterocycles. The first kappa shape index (κ1) is 27.5. The molecule has 2 atom stereocenters. The Labute approximate surface area is 233 Å². The molecule has 11 heteroatoms. The zero-order chi connectivity index (χ0) is 26.9. The predicted molar refractivity (Wildman–Crippen MR) is 150 cm³/mol. The van der Waals surface area contributed by atoms with Crippen molar-refractivity contribution in [1.82, 2.24) is 24.3 Å². The Morgan fingerprint density at radius 2 is 1.74 bits per heavy atom. The number of amides is 2. The summed E-state index contributed by atoms with van der Waals surface area (Å²) in [7, 11) is -1.83. The van der Waals surface area contributed by atoms with Gasteiger partial charge in [0.1, 0.15) is 6.04 Å². The first-order valence-corrected chi connectivity index (χ1v) is 15.7. The van der Waals surface area contributed by atoms with Crippen molar-refractivity contribution in [3.8, 4) is 0 Å². The number of benzene rings is 2. The summed E-state index contributed by atoms with van der Waals surface area (Å²) >= 11 is 3.43. The molecule has 2 unspecified atom stereocenters. The van der Waals surface area contributed by atoms with E-state index in [0.717, 1.165) is 48.0 Å². The third-order valence-electron chi connectivity index (χ3n) is 7.91. The summed E-state index contributed by atoms with van der Waals surface area (Å²) in [5, 5.41) is 1.72. The maximum Gasteiger partial charge on any atom is 0.242 e. The number of carbonyl (C=O) groups is 2. The van der Waals surface area contributed by atoms with Crippen LogP contribution in [0.3, 0.4) is 0 Å². The van der Waals surface area contributed by atoms with E-state index in [0.29, 0.717) is 25.9 Å². The topological polar surface area (TPSA) is 93.3 Å². The van der Waals surface area contributed by atoms with Gasteiger partial charge in [0.05, 0.1) is 17.5 Å². The van der Waals surface area contributed by atoms with Crippen LogP contribution in [0, 0.1) is 0 Å². The number of piperidine rings is 1. The lowest BCUT2D eigenvalue weighted by molar-refractivity contribution is -0.145. The number of piperazine rings is 1. The molecule has 0 bridgehead atoms. The number of hydrogen-bond donors (Lipinski definition) is 1. The Balaban J connectivity index is 1.24. The monoisotopic (exact) mass is 605 g/mol. The standard InChI is InChI=1S/C27H36BrN5O4S/c1-30-13-14-33(23(17-30)18-31-10-2-3-11-31)26(34)19-32-12-4-5-25(27(32)35)29-38(36,37)24-9-7-20-15-22(28)8-6-21(20)16-24/h6-9,15-16,23,25,29H,2-5,10-14,17-19H2,1H3. The van der Waals surface area contributed by atoms with Crippen molar-refractivity contribution in [1.29, 1.82) is 0 Å². The molecule has 3 heterocycles. The number of hydrogen-bond acceptors (Lipinski definition) is 6. The summed E-state index contributed by atoms with van der Waals surface area (Å²) in [6.45, 7) is 5.72. The van der Waals surface area contributed by atoms with Crippen molar-refractivity contribution < 1.29 is 18.0 Å². The minimum absolute atomic E-state index is 0.0118. The smallest absolute Gasteiger partial charge is 0.242 e. The van der Waals surface area contributed by atoms with Crippen molar-refractivity contribution in [3.05, 3.63) is 40.9 Å². The van der Waals surface area contributed by atoms with Gasteiger partial charge in [0.25, 0.3) is 0 Å². The van der Waals surface area contributed by atoms with E-state index in [2.05, 4.69) is 37.5 Å². The van der Waals surface area contributed by atoms with Crippen molar-refractivity contribution in [3.63, 3.8) is 0 Å². The summed E-state index contributed by atoms with van der Waals surface area (Å²) in [5.74, 6) is -0.386. The van der Waals surface area contributed by atoms with E-state index < -0.39 is 16.1 Å². The van der Waals surface area contributed by atoms with Gasteiger partial charge in [0.15, 0.2) is 0 Å². The van der Waals surface area contributed by atoms with E-state index in [1.54, 1.807) is 18.2 Å². The summed E-state index contributed by atoms with van der Waals surface area (Å²) in [5.41, 5.74) is 0. The Bertz CT molecular complexity index is 1300. The summed E-state index contributed by atoms with van der Waals surface area (Å²) in [6.07, 6.45) is 3.45. The number of fused-ring (bicyclic) bond motifs is 1. The van der Waals surface area contributed by atoms with Gasteiger partial charge < -0.3 is 19.6 Å². The molecule has 0 spiro atoms. The molecule has 3 saturated heterocycles. The number of likely N-dealkylation sites (N-methyl/N-ethyl adjacent to an activating group) is 1. The van der Waals surface area contributed by atoms with E-state index in [-0.39, 0.29) is 29.3 Å². The van der Waals surface area contributed by atoms with Gasteiger partial charge in [0, 0.05) is 37.2 Å². The van der Waals surface area contributed by atoms with Crippen LogP contribution in [0.25, 0.3) is 10.8 Å². The first-order valence-electron chi connectivity index (χ1n) is 13.4. The van der Waals surface area contributed by atoms with Crippen LogP contribution < -0.4 is 4.72 Å². The molecule has 5 rings (SSSR count). The van der Waals surface area contributed by atoms with Crippen LogP contribution in [0.4, 0.5) is 0 Å². The van der Waals surface area contributed by atoms with Gasteiger partial charge in [-0.05, 0) is 80.9 Å². The fourth-order valence-corrected chi connectivity index (χ4v) is 7.47. The number of halogens is 1. The molecule has 9 nitrogen and oxygen atoms in total. The van der Waals surface area contributed by atoms with E-state index >= 15 is 0 Å². The zero-order valence-corrected chi connectivity index (χ0v) is 24.2. The Hall–Kier alpha value is -2.05. The Morgan fingerprint density at radius 1 is 1.00 bits per heavy atom. The first-order chi connectivity index (χ1) is 18.2. The molecule has 0 aliphatic carbocycles. The van der Waals surface area contributed by atoms with Crippen LogP contribution in [-0.2, 0) is 19.6 Å². The Kier molecular flexibility index (Phi) is 8.39. The van der Waals surface area contributed by atoms with Crippen molar-refractivity contribution in [2.45, 2.75) is 42.7 Å². The largest absolute Gasteiger partial charge is 0.334 e. The maximum absolute atomic E-state index is 13.4. The van der Waals surface area contributed by atoms with Crippen LogP contribution in [0.1, 0.15) is 25.7 Å². The lowest BCUT2D eigenvalue weighted by atomic mass is 10.1. The molecule has 2 amide bonds. The molecule has 0 saturated carbocycles. The van der Waals surface area contributed by atoms with Crippen LogP contribution >= 0.6 is 15.9 Å². The SMILES string of the molecule is CN1CCN(C(=O)CN2CCCC(NS(=O)(=O)c3ccc4cc(Br)ccc4c3)C2=O)C(CN2CCCC2)C1. The highest BCUT2D eigenvalue weighted by molar-refractivity contribution is 9.10.